The number of hydrogen-bond donors (Lipinski definition) is 2. The molecule has 0 unspecified atom stereocenters. The summed E-state index contributed by atoms with van der Waals surface area (Å²) in [6, 6.07) is 26.0. The number of amides is 1. The summed E-state index contributed by atoms with van der Waals surface area (Å²) >= 11 is 6.21. The third-order valence-corrected chi connectivity index (χ3v) is 20.6. The van der Waals surface area contributed by atoms with Gasteiger partial charge in [-0.05, 0) is 131 Å². The second-order valence-corrected chi connectivity index (χ2v) is 27.3. The first-order chi connectivity index (χ1) is 37.7. The van der Waals surface area contributed by atoms with Gasteiger partial charge in [0, 0.05) is 49.7 Å². The molecule has 4 aliphatic rings. The monoisotopic (exact) mass is 1200 g/mol. The fourth-order valence-electron chi connectivity index (χ4n) is 11.8. The molecule has 0 spiro atoms. The van der Waals surface area contributed by atoms with Gasteiger partial charge in [-0.25, -0.2) is 27.1 Å². The lowest BCUT2D eigenvalue weighted by atomic mass is 9.60. The zero-order valence-corrected chi connectivity index (χ0v) is 50.5. The predicted octanol–water partition coefficient (Wildman–Crippen LogP) is 11.0. The summed E-state index contributed by atoms with van der Waals surface area (Å²) in [5.74, 6) is -0.149. The maximum Gasteiger partial charge on any atom is 0.351 e. The van der Waals surface area contributed by atoms with Crippen LogP contribution in [0.1, 0.15) is 126 Å². The van der Waals surface area contributed by atoms with E-state index in [1.54, 1.807) is 9.21 Å². The number of nitrogens with zero attached hydrogens (tertiary/aromatic N) is 2. The van der Waals surface area contributed by atoms with Crippen molar-refractivity contribution in [1.29, 1.82) is 0 Å². The van der Waals surface area contributed by atoms with E-state index in [-0.39, 0.29) is 47.5 Å². The maximum atomic E-state index is 13.0. The molecule has 79 heavy (non-hydrogen) atoms. The van der Waals surface area contributed by atoms with Crippen molar-refractivity contribution in [2.24, 2.45) is 10.8 Å². The summed E-state index contributed by atoms with van der Waals surface area (Å²) in [5.41, 5.74) is 6.66. The number of carbonyl (C=O) groups is 4. The lowest BCUT2D eigenvalue weighted by Crippen LogP contribution is -2.48. The van der Waals surface area contributed by atoms with Gasteiger partial charge in [0.25, 0.3) is 5.91 Å². The second-order valence-electron chi connectivity index (χ2n) is 22.5. The van der Waals surface area contributed by atoms with Crippen molar-refractivity contribution in [3.8, 4) is 32.4 Å². The number of piperazine rings is 1. The number of hydrogen-bond acceptors (Lipinski definition) is 15. The minimum atomic E-state index is -3.40. The van der Waals surface area contributed by atoms with Crippen LogP contribution in [0.2, 0.25) is 0 Å². The van der Waals surface area contributed by atoms with Crippen LogP contribution in [-0.4, -0.2) is 127 Å². The SMILES string of the molecule is COC(=O)c1sc(-c2cccc(C3CC(C)(C)CC(C)(C)C3)c2)c(C)c1OCC(=O)N1CCNCC1.COC(=O)c1sc(-c2cccc(C3CCN(S(=O)(=O)Cc4ccccc4)CC3)c2)c(Br)c1OCC(=O)OC1CCNCC1. The van der Waals surface area contributed by atoms with E-state index in [2.05, 4.69) is 90.7 Å². The lowest BCUT2D eigenvalue weighted by Gasteiger charge is -2.45. The number of methoxy groups -OCH3 is 2. The number of thiophene rings is 2. The van der Waals surface area contributed by atoms with Crippen molar-refractivity contribution in [1.82, 2.24) is 19.8 Å². The molecule has 3 saturated heterocycles. The van der Waals surface area contributed by atoms with Gasteiger partial charge in [0.15, 0.2) is 28.7 Å². The van der Waals surface area contributed by atoms with Gasteiger partial charge in [-0.15, -0.1) is 22.7 Å². The first kappa shape index (κ1) is 60.0. The summed E-state index contributed by atoms with van der Waals surface area (Å²) in [5, 5.41) is 6.48. The molecule has 5 heterocycles. The molecule has 0 bridgehead atoms. The van der Waals surface area contributed by atoms with Crippen molar-refractivity contribution in [3.05, 3.63) is 115 Å². The average Bonchev–Trinajstić information content (AvgIpc) is 4.04. The Morgan fingerprint density at radius 2 is 1.22 bits per heavy atom. The average molecular weight is 1200 g/mol. The summed E-state index contributed by atoms with van der Waals surface area (Å²) < 4.78 is 55.6. The van der Waals surface area contributed by atoms with Crippen LogP contribution in [0.25, 0.3) is 20.9 Å². The Balaban J connectivity index is 0.000000211. The molecule has 1 amide bonds. The highest BCUT2D eigenvalue weighted by Gasteiger charge is 2.39. The van der Waals surface area contributed by atoms with Crippen LogP contribution < -0.4 is 20.1 Å². The number of rotatable bonds is 16. The zero-order valence-electron chi connectivity index (χ0n) is 46.5. The number of benzene rings is 3. The molecule has 3 aromatic carbocycles. The molecular formula is C60H75BrN4O11S3. The molecule has 3 aliphatic heterocycles. The highest BCUT2D eigenvalue weighted by Crippen LogP contribution is 2.53. The number of halogens is 1. The summed E-state index contributed by atoms with van der Waals surface area (Å²) in [7, 11) is -0.718. The first-order valence-corrected chi connectivity index (χ1v) is 31.3. The van der Waals surface area contributed by atoms with E-state index in [0.717, 1.165) is 76.6 Å². The van der Waals surface area contributed by atoms with Gasteiger partial charge in [-0.1, -0.05) is 107 Å². The van der Waals surface area contributed by atoms with E-state index in [9.17, 15) is 27.6 Å². The number of sulfonamides is 1. The number of ether oxygens (including phenoxy) is 5. The van der Waals surface area contributed by atoms with Gasteiger partial charge in [0.1, 0.15) is 11.9 Å². The molecule has 426 valence electrons. The van der Waals surface area contributed by atoms with E-state index in [1.807, 2.05) is 49.4 Å². The van der Waals surface area contributed by atoms with Gasteiger partial charge < -0.3 is 39.2 Å². The van der Waals surface area contributed by atoms with E-state index < -0.39 is 27.9 Å². The van der Waals surface area contributed by atoms with Gasteiger partial charge >= 0.3 is 17.9 Å². The van der Waals surface area contributed by atoms with Crippen molar-refractivity contribution in [2.45, 2.75) is 103 Å². The summed E-state index contributed by atoms with van der Waals surface area (Å²) in [4.78, 5) is 54.7. The van der Waals surface area contributed by atoms with Crippen LogP contribution in [0.5, 0.6) is 11.5 Å². The zero-order chi connectivity index (χ0) is 56.5. The number of piperidine rings is 2. The van der Waals surface area contributed by atoms with E-state index in [0.29, 0.717) is 70.9 Å². The number of carbonyl (C=O) groups excluding carboxylic acids is 4. The molecule has 15 nitrogen and oxygen atoms in total. The quantitative estimate of drug-likeness (QED) is 0.0705. The summed E-state index contributed by atoms with van der Waals surface area (Å²) in [6.07, 6.45) is 6.36. The Labute approximate surface area is 482 Å². The molecule has 19 heteroatoms. The molecule has 9 rings (SSSR count). The van der Waals surface area contributed by atoms with Gasteiger partial charge in [0.05, 0.1) is 29.3 Å². The van der Waals surface area contributed by atoms with Crippen LogP contribution in [0.15, 0.2) is 83.3 Å². The highest BCUT2D eigenvalue weighted by molar-refractivity contribution is 9.10. The lowest BCUT2D eigenvalue weighted by molar-refractivity contribution is -0.152. The largest absolute Gasteiger partial charge is 0.482 e. The van der Waals surface area contributed by atoms with Crippen molar-refractivity contribution < 1.29 is 51.3 Å². The number of esters is 3. The Morgan fingerprint density at radius 1 is 0.671 bits per heavy atom. The third kappa shape index (κ3) is 15.4. The smallest absolute Gasteiger partial charge is 0.351 e. The molecule has 5 aromatic rings. The van der Waals surface area contributed by atoms with Gasteiger partial charge in [-0.3, -0.25) is 4.79 Å². The number of nitrogens with one attached hydrogen (secondary N) is 2. The van der Waals surface area contributed by atoms with E-state index >= 15 is 0 Å². The van der Waals surface area contributed by atoms with Crippen molar-refractivity contribution in [3.63, 3.8) is 0 Å². The summed E-state index contributed by atoms with van der Waals surface area (Å²) in [6.45, 7) is 16.5. The third-order valence-electron chi connectivity index (χ3n) is 15.2. The van der Waals surface area contributed by atoms with Gasteiger partial charge in [0.2, 0.25) is 10.0 Å². The Morgan fingerprint density at radius 3 is 1.82 bits per heavy atom. The topological polar surface area (TPSA) is 179 Å². The Bertz CT molecular complexity index is 3030. The van der Waals surface area contributed by atoms with Crippen LogP contribution in [-0.2, 0) is 39.6 Å². The fraction of sp³-hybridized carbons (Fsp3) is 0.500. The van der Waals surface area contributed by atoms with Crippen LogP contribution in [0.3, 0.4) is 0 Å². The van der Waals surface area contributed by atoms with Crippen LogP contribution >= 0.6 is 38.6 Å². The Kier molecular flexibility index (Phi) is 20.2. The minimum Gasteiger partial charge on any atom is -0.482 e. The Hall–Kier alpha value is -5.15. The van der Waals surface area contributed by atoms with E-state index in [4.69, 9.17) is 23.7 Å². The van der Waals surface area contributed by atoms with Crippen molar-refractivity contribution >= 4 is 72.4 Å². The van der Waals surface area contributed by atoms with Crippen molar-refractivity contribution in [2.75, 3.05) is 79.8 Å². The first-order valence-electron chi connectivity index (χ1n) is 27.2. The fourth-order valence-corrected chi connectivity index (χ4v) is 16.5. The van der Waals surface area contributed by atoms with E-state index in [1.165, 1.54) is 61.7 Å². The highest BCUT2D eigenvalue weighted by atomic mass is 79.9. The molecule has 0 radical (unpaired) electrons. The maximum absolute atomic E-state index is 13.0. The minimum absolute atomic E-state index is 0.00309. The molecular weight excluding hydrogens is 1130 g/mol. The van der Waals surface area contributed by atoms with Crippen LogP contribution in [0.4, 0.5) is 0 Å². The standard InChI is InChI=1S/C31H35BrN2O7S2.C29H40N2O4S/c1-39-31(36)30-28(40-19-26(35)41-25-10-14-33-15-11-25)27(32)29(42-30)24-9-5-8-23(18-24)22-12-16-34(17-13-22)43(37,38)20-21-6-3-2-4-7-21;1-19-24(35-17-23(32)31-12-10-30-11-13-31)26(27(33)34-6)36-25(19)21-9-7-8-20(14-21)22-15-28(2,3)18-29(4,5)16-22/h2-9,18,22,25,33H,10-17,19-20H2,1H3;7-9,14,22,30H,10-13,15-18H2,1-6H3. The molecule has 2 aromatic heterocycles. The second kappa shape index (κ2) is 26.6. The molecule has 4 fully saturated rings. The molecule has 1 aliphatic carbocycles. The normalized spacial score (nSPS) is 18.2. The van der Waals surface area contributed by atoms with Gasteiger partial charge in [-0.2, -0.15) is 0 Å². The molecule has 0 atom stereocenters. The molecule has 2 N–H and O–H groups in total. The molecule has 1 saturated carbocycles. The predicted molar refractivity (Wildman–Crippen MR) is 314 cm³/mol. The van der Waals surface area contributed by atoms with Crippen LogP contribution in [0, 0.1) is 17.8 Å².